The van der Waals surface area contributed by atoms with Crippen LogP contribution < -0.4 is 15.0 Å². The van der Waals surface area contributed by atoms with Crippen molar-refractivity contribution < 1.29 is 9.53 Å². The van der Waals surface area contributed by atoms with Crippen molar-refractivity contribution in [2.24, 2.45) is 0 Å². The van der Waals surface area contributed by atoms with Crippen molar-refractivity contribution in [1.82, 2.24) is 4.90 Å². The van der Waals surface area contributed by atoms with E-state index in [1.54, 1.807) is 7.11 Å². The second-order valence-electron chi connectivity index (χ2n) is 6.09. The van der Waals surface area contributed by atoms with Crippen molar-refractivity contribution in [3.05, 3.63) is 52.5 Å². The zero-order chi connectivity index (χ0) is 17.8. The van der Waals surface area contributed by atoms with Crippen molar-refractivity contribution in [3.8, 4) is 5.75 Å². The van der Waals surface area contributed by atoms with Crippen LogP contribution in [0.3, 0.4) is 0 Å². The molecule has 6 heteroatoms. The van der Waals surface area contributed by atoms with E-state index in [0.717, 1.165) is 40.2 Å². The molecule has 2 amide bonds. The van der Waals surface area contributed by atoms with Crippen LogP contribution in [-0.4, -0.2) is 44.2 Å². The van der Waals surface area contributed by atoms with E-state index in [2.05, 4.69) is 32.2 Å². The number of para-hydroxylation sites is 2. The Hall–Kier alpha value is -2.21. The number of carbonyl (C=O) groups excluding carboxylic acids is 1. The van der Waals surface area contributed by atoms with Crippen LogP contribution in [0.5, 0.6) is 5.75 Å². The Morgan fingerprint density at radius 1 is 1.12 bits per heavy atom. The van der Waals surface area contributed by atoms with Gasteiger partial charge >= 0.3 is 6.03 Å². The number of nitrogens with one attached hydrogen (secondary N) is 1. The zero-order valence-corrected chi connectivity index (χ0v) is 16.0. The second kappa shape index (κ2) is 7.78. The van der Waals surface area contributed by atoms with Crippen LogP contribution in [0.25, 0.3) is 0 Å². The summed E-state index contributed by atoms with van der Waals surface area (Å²) in [6, 6.07) is 13.8. The number of methoxy groups -OCH3 is 1. The number of piperazine rings is 1. The monoisotopic (exact) mass is 403 g/mol. The predicted octanol–water partition coefficient (Wildman–Crippen LogP) is 4.12. The molecule has 0 atom stereocenters. The molecule has 1 N–H and O–H groups in total. The number of carbonyl (C=O) groups is 1. The summed E-state index contributed by atoms with van der Waals surface area (Å²) in [7, 11) is 1.68. The third-order valence-electron chi connectivity index (χ3n) is 4.29. The summed E-state index contributed by atoms with van der Waals surface area (Å²) in [5.74, 6) is 0.866. The van der Waals surface area contributed by atoms with Crippen LogP contribution in [0.4, 0.5) is 16.2 Å². The summed E-state index contributed by atoms with van der Waals surface area (Å²) in [6.07, 6.45) is 0. The molecule has 0 aliphatic carbocycles. The number of hydrogen-bond acceptors (Lipinski definition) is 3. The van der Waals surface area contributed by atoms with Gasteiger partial charge in [0.15, 0.2) is 0 Å². The number of nitrogens with zero attached hydrogens (tertiary/aromatic N) is 2. The maximum atomic E-state index is 12.5. The molecular weight excluding hydrogens is 382 g/mol. The standard InChI is InChI=1S/C19H22BrN3O2/c1-14-11-15(20)13-16(12-14)21-19(24)23-9-7-22(8-10-23)17-5-3-4-6-18(17)25-2/h3-6,11-13H,7-10H2,1-2H3,(H,21,24). The van der Waals surface area contributed by atoms with Gasteiger partial charge in [0.05, 0.1) is 12.8 Å². The molecule has 0 saturated carbocycles. The molecule has 25 heavy (non-hydrogen) atoms. The Balaban J connectivity index is 1.61. The Bertz CT molecular complexity index is 738. The molecule has 1 saturated heterocycles. The minimum atomic E-state index is -0.0582. The van der Waals surface area contributed by atoms with E-state index in [1.807, 2.05) is 48.2 Å². The lowest BCUT2D eigenvalue weighted by Crippen LogP contribution is -2.50. The number of ether oxygens (including phenoxy) is 1. The molecule has 2 aromatic carbocycles. The summed E-state index contributed by atoms with van der Waals surface area (Å²) >= 11 is 3.46. The Morgan fingerprint density at radius 3 is 2.52 bits per heavy atom. The average Bonchev–Trinajstić information content (AvgIpc) is 2.61. The van der Waals surface area contributed by atoms with Crippen LogP contribution in [-0.2, 0) is 0 Å². The minimum absolute atomic E-state index is 0.0582. The molecule has 2 aromatic rings. The van der Waals surface area contributed by atoms with Gasteiger partial charge in [0, 0.05) is 36.3 Å². The van der Waals surface area contributed by atoms with Gasteiger partial charge in [-0.2, -0.15) is 0 Å². The van der Waals surface area contributed by atoms with Crippen LogP contribution in [0.1, 0.15) is 5.56 Å². The first-order valence-corrected chi connectivity index (χ1v) is 9.07. The van der Waals surface area contributed by atoms with Crippen LogP contribution in [0.2, 0.25) is 0 Å². The third kappa shape index (κ3) is 4.25. The average molecular weight is 404 g/mol. The lowest BCUT2D eigenvalue weighted by atomic mass is 10.2. The molecule has 5 nitrogen and oxygen atoms in total. The van der Waals surface area contributed by atoms with E-state index >= 15 is 0 Å². The normalized spacial score (nSPS) is 14.4. The SMILES string of the molecule is COc1ccccc1N1CCN(C(=O)Nc2cc(C)cc(Br)c2)CC1. The molecule has 132 valence electrons. The molecule has 0 bridgehead atoms. The first-order valence-electron chi connectivity index (χ1n) is 8.28. The van der Waals surface area contributed by atoms with Crippen molar-refractivity contribution in [2.45, 2.75) is 6.92 Å². The first kappa shape index (κ1) is 17.6. The van der Waals surface area contributed by atoms with Gasteiger partial charge in [0.1, 0.15) is 5.75 Å². The van der Waals surface area contributed by atoms with Gasteiger partial charge in [-0.1, -0.05) is 28.1 Å². The molecular formula is C19H22BrN3O2. The number of halogens is 1. The summed E-state index contributed by atoms with van der Waals surface area (Å²) in [5, 5.41) is 2.98. The second-order valence-corrected chi connectivity index (χ2v) is 7.01. The van der Waals surface area contributed by atoms with E-state index in [0.29, 0.717) is 13.1 Å². The maximum absolute atomic E-state index is 12.5. The highest BCUT2D eigenvalue weighted by molar-refractivity contribution is 9.10. The van der Waals surface area contributed by atoms with Crippen molar-refractivity contribution in [1.29, 1.82) is 0 Å². The third-order valence-corrected chi connectivity index (χ3v) is 4.74. The number of benzene rings is 2. The fourth-order valence-electron chi connectivity index (χ4n) is 3.05. The number of anilines is 2. The van der Waals surface area contributed by atoms with E-state index in [4.69, 9.17) is 4.74 Å². The quantitative estimate of drug-likeness (QED) is 0.837. The summed E-state index contributed by atoms with van der Waals surface area (Å²) in [5.41, 5.74) is 2.99. The highest BCUT2D eigenvalue weighted by atomic mass is 79.9. The smallest absolute Gasteiger partial charge is 0.321 e. The Kier molecular flexibility index (Phi) is 5.48. The molecule has 1 aliphatic rings. The topological polar surface area (TPSA) is 44.8 Å². The number of hydrogen-bond donors (Lipinski definition) is 1. The van der Waals surface area contributed by atoms with Gasteiger partial charge in [-0.3, -0.25) is 0 Å². The van der Waals surface area contributed by atoms with E-state index in [9.17, 15) is 4.79 Å². The maximum Gasteiger partial charge on any atom is 0.321 e. The largest absolute Gasteiger partial charge is 0.495 e. The lowest BCUT2D eigenvalue weighted by Gasteiger charge is -2.36. The van der Waals surface area contributed by atoms with Crippen LogP contribution in [0.15, 0.2) is 46.9 Å². The van der Waals surface area contributed by atoms with Gasteiger partial charge in [0.25, 0.3) is 0 Å². The molecule has 0 aromatic heterocycles. The minimum Gasteiger partial charge on any atom is -0.495 e. The zero-order valence-electron chi connectivity index (χ0n) is 14.5. The Morgan fingerprint density at radius 2 is 1.84 bits per heavy atom. The van der Waals surface area contributed by atoms with E-state index < -0.39 is 0 Å². The number of amides is 2. The predicted molar refractivity (Wildman–Crippen MR) is 105 cm³/mol. The highest BCUT2D eigenvalue weighted by Gasteiger charge is 2.23. The van der Waals surface area contributed by atoms with Crippen LogP contribution >= 0.6 is 15.9 Å². The van der Waals surface area contributed by atoms with Gasteiger partial charge in [-0.05, 0) is 42.8 Å². The summed E-state index contributed by atoms with van der Waals surface area (Å²) in [6.45, 7) is 4.93. The highest BCUT2D eigenvalue weighted by Crippen LogP contribution is 2.28. The molecule has 1 heterocycles. The summed E-state index contributed by atoms with van der Waals surface area (Å²) in [4.78, 5) is 16.6. The molecule has 1 aliphatic heterocycles. The molecule has 1 fully saturated rings. The lowest BCUT2D eigenvalue weighted by molar-refractivity contribution is 0.208. The van der Waals surface area contributed by atoms with Gasteiger partial charge < -0.3 is 19.9 Å². The molecule has 0 unspecified atom stereocenters. The van der Waals surface area contributed by atoms with Gasteiger partial charge in [-0.25, -0.2) is 4.79 Å². The van der Waals surface area contributed by atoms with Crippen molar-refractivity contribution in [2.75, 3.05) is 43.5 Å². The number of rotatable bonds is 3. The molecule has 3 rings (SSSR count). The number of urea groups is 1. The Labute approximate surface area is 156 Å². The number of aryl methyl sites for hydroxylation is 1. The molecule has 0 radical (unpaired) electrons. The fourth-order valence-corrected chi connectivity index (χ4v) is 3.66. The first-order chi connectivity index (χ1) is 12.1. The van der Waals surface area contributed by atoms with Crippen molar-refractivity contribution in [3.63, 3.8) is 0 Å². The summed E-state index contributed by atoms with van der Waals surface area (Å²) < 4.78 is 6.40. The van der Waals surface area contributed by atoms with Crippen molar-refractivity contribution >= 4 is 33.3 Å². The fraction of sp³-hybridized carbons (Fsp3) is 0.316. The molecule has 0 spiro atoms. The van der Waals surface area contributed by atoms with E-state index in [-0.39, 0.29) is 6.03 Å². The van der Waals surface area contributed by atoms with Gasteiger partial charge in [0.2, 0.25) is 0 Å². The van der Waals surface area contributed by atoms with Crippen LogP contribution in [0, 0.1) is 6.92 Å². The van der Waals surface area contributed by atoms with E-state index in [1.165, 1.54) is 0 Å². The van der Waals surface area contributed by atoms with Gasteiger partial charge in [-0.15, -0.1) is 0 Å².